The number of halogens is 2. The number of carbonyl (C=O) groups is 7. The summed E-state index contributed by atoms with van der Waals surface area (Å²) in [5.41, 5.74) is 2.29. The van der Waals surface area contributed by atoms with Crippen LogP contribution in [0.5, 0.6) is 0 Å². The lowest BCUT2D eigenvalue weighted by Crippen LogP contribution is -2.59. The Bertz CT molecular complexity index is 1930. The lowest BCUT2D eigenvalue weighted by molar-refractivity contribution is -0.142. The van der Waals surface area contributed by atoms with Gasteiger partial charge in [-0.3, -0.25) is 33.6 Å². The van der Waals surface area contributed by atoms with Crippen LogP contribution in [0.25, 0.3) is 0 Å². The summed E-state index contributed by atoms with van der Waals surface area (Å²) in [5, 5.41) is 23.4. The Balaban J connectivity index is 0.00000726. The number of hydrogen-bond donors (Lipinski definition) is 8. The van der Waals surface area contributed by atoms with E-state index in [1.165, 1.54) is 4.90 Å². The Hall–Kier alpha value is -4.77. The van der Waals surface area contributed by atoms with E-state index in [4.69, 9.17) is 0 Å². The maximum absolute atomic E-state index is 14.3. The lowest BCUT2D eigenvalue weighted by Gasteiger charge is -2.33. The highest BCUT2D eigenvalue weighted by molar-refractivity contribution is 5.95. The second kappa shape index (κ2) is 25.8. The second-order valence-electron chi connectivity index (χ2n) is 18.5. The van der Waals surface area contributed by atoms with Crippen LogP contribution in [0.3, 0.4) is 0 Å². The number of benzene rings is 2. The van der Waals surface area contributed by atoms with Gasteiger partial charge in [0.15, 0.2) is 0 Å². The summed E-state index contributed by atoms with van der Waals surface area (Å²) < 4.78 is 0. The summed E-state index contributed by atoms with van der Waals surface area (Å²) in [4.78, 5) is 97.7. The van der Waals surface area contributed by atoms with Gasteiger partial charge in [-0.05, 0) is 95.0 Å². The molecule has 18 heteroatoms. The summed E-state index contributed by atoms with van der Waals surface area (Å²) in [6.45, 7) is 14.3. The number of fused-ring (bicyclic) bond motifs is 1. The molecule has 0 radical (unpaired) electrons. The predicted octanol–water partition coefficient (Wildman–Crippen LogP) is 3.14. The van der Waals surface area contributed by atoms with E-state index in [9.17, 15) is 33.6 Å². The molecule has 2 aromatic carbocycles. The molecule has 1 heterocycles. The van der Waals surface area contributed by atoms with Crippen LogP contribution in [0.15, 0.2) is 54.6 Å². The maximum Gasteiger partial charge on any atom is 0.246 e. The van der Waals surface area contributed by atoms with E-state index < -0.39 is 77.2 Å². The molecule has 7 amide bonds. The van der Waals surface area contributed by atoms with Gasteiger partial charge in [-0.1, -0.05) is 89.2 Å². The minimum Gasteiger partial charge on any atom is -0.351 e. The molecule has 4 rings (SSSR count). The molecule has 8 N–H and O–H groups in total. The van der Waals surface area contributed by atoms with Crippen LogP contribution in [0.2, 0.25) is 0 Å². The summed E-state index contributed by atoms with van der Waals surface area (Å²) in [6.07, 6.45) is 2.32. The molecule has 1 fully saturated rings. The normalized spacial score (nSPS) is 19.6. The number of hydrogen-bond acceptors (Lipinski definition) is 9. The molecule has 1 aliphatic carbocycles. The van der Waals surface area contributed by atoms with Crippen molar-refractivity contribution in [2.75, 3.05) is 20.6 Å². The zero-order chi connectivity index (χ0) is 46.6. The van der Waals surface area contributed by atoms with Crippen LogP contribution in [-0.2, 0) is 40.0 Å². The van der Waals surface area contributed by atoms with Crippen molar-refractivity contribution in [1.29, 1.82) is 0 Å². The van der Waals surface area contributed by atoms with Gasteiger partial charge in [-0.15, -0.1) is 24.8 Å². The van der Waals surface area contributed by atoms with Gasteiger partial charge in [0.05, 0.1) is 24.2 Å². The Kier molecular flexibility index (Phi) is 22.4. The van der Waals surface area contributed by atoms with Crippen molar-refractivity contribution in [3.8, 4) is 0 Å². The predicted molar refractivity (Wildman–Crippen MR) is 256 cm³/mol. The average Bonchev–Trinajstić information content (AvgIpc) is 3.68. The van der Waals surface area contributed by atoms with Gasteiger partial charge < -0.3 is 47.4 Å². The standard InChI is InChI=1S/C47H71N9O7.2ClH/c1-27(2)39(54-41(58)29(4)48-9)46(63)56-26-33(25-37(56)44(61)50-28(3)31-17-12-11-13-18-31)51-38(57)24-23-36(43(60)52-35-22-16-20-32-19-14-15-21-34(32)35)53-45(62)40(47(6,7)8)55-42(59)30(5)49-10;;/h11-15,17-19,21,27-30,33,35-37,39-40,48-49H,16,20,22-26H2,1-10H3,(H,50,61)(H,51,57)(H,52,60)(H,53,62)(H,54,58)(H,55,59);2*1H/t28-,29+,30-,33+,35+,36-,37+,39+,40+;;/m1../s1. The van der Waals surface area contributed by atoms with Crippen LogP contribution in [0.4, 0.5) is 0 Å². The smallest absolute Gasteiger partial charge is 0.246 e. The van der Waals surface area contributed by atoms with Gasteiger partial charge in [0, 0.05) is 19.0 Å². The second-order valence-corrected chi connectivity index (χ2v) is 18.5. The summed E-state index contributed by atoms with van der Waals surface area (Å²) in [6, 6.07) is 10.8. The molecule has 2 aliphatic rings. The average molecular weight is 947 g/mol. The number of aryl methyl sites for hydroxylation is 1. The number of carbonyl (C=O) groups excluding carboxylic acids is 7. The van der Waals surface area contributed by atoms with Gasteiger partial charge in [0.2, 0.25) is 41.4 Å². The van der Waals surface area contributed by atoms with Crippen molar-refractivity contribution in [3.05, 3.63) is 71.3 Å². The van der Waals surface area contributed by atoms with Gasteiger partial charge in [-0.25, -0.2) is 0 Å². The Morgan fingerprint density at radius 1 is 0.723 bits per heavy atom. The highest BCUT2D eigenvalue weighted by Gasteiger charge is 2.44. The van der Waals surface area contributed by atoms with Crippen LogP contribution >= 0.6 is 24.8 Å². The van der Waals surface area contributed by atoms with Crippen LogP contribution in [-0.4, -0.2) is 109 Å². The molecule has 1 saturated heterocycles. The van der Waals surface area contributed by atoms with Crippen LogP contribution in [0, 0.1) is 11.3 Å². The molecule has 0 saturated carbocycles. The topological polar surface area (TPSA) is 219 Å². The number of nitrogens with one attached hydrogen (secondary N) is 8. The van der Waals surface area contributed by atoms with E-state index in [1.54, 1.807) is 27.9 Å². The molecule has 9 atom stereocenters. The highest BCUT2D eigenvalue weighted by Crippen LogP contribution is 2.30. The number of rotatable bonds is 19. The Morgan fingerprint density at radius 3 is 1.92 bits per heavy atom. The quantitative estimate of drug-likeness (QED) is 0.104. The fourth-order valence-corrected chi connectivity index (χ4v) is 8.02. The third-order valence-electron chi connectivity index (χ3n) is 12.2. The van der Waals surface area contributed by atoms with Crippen LogP contribution < -0.4 is 42.5 Å². The van der Waals surface area contributed by atoms with Gasteiger partial charge in [-0.2, -0.15) is 0 Å². The minimum atomic E-state index is -1.14. The van der Waals surface area contributed by atoms with Crippen molar-refractivity contribution in [2.45, 2.75) is 148 Å². The first-order valence-electron chi connectivity index (χ1n) is 22.3. The molecule has 0 bridgehead atoms. The number of likely N-dealkylation sites (N-methyl/N-ethyl adjacent to an activating group) is 2. The monoisotopic (exact) mass is 946 g/mol. The first-order chi connectivity index (χ1) is 29.7. The zero-order valence-corrected chi connectivity index (χ0v) is 41.2. The Labute approximate surface area is 397 Å². The third-order valence-corrected chi connectivity index (χ3v) is 12.2. The number of likely N-dealkylation sites (tertiary alicyclic amines) is 1. The van der Waals surface area contributed by atoms with E-state index in [1.807, 2.05) is 96.1 Å². The summed E-state index contributed by atoms with van der Waals surface area (Å²) in [7, 11) is 3.29. The molecule has 2 aromatic rings. The SMILES string of the molecule is CN[C@@H](C)C(=O)N[C@H](C(=O)N1C[C@@H](NC(=O)CC[C@@H](NC(=O)[C@H](NC(=O)[C@@H](C)NC)C(C)(C)C)C(=O)N[C@H]2CCCc3ccccc32)C[C@H]1C(=O)N[C@H](C)c1ccccc1)C(C)C.Cl.Cl. The van der Waals surface area contributed by atoms with Crippen molar-refractivity contribution in [3.63, 3.8) is 0 Å². The molecule has 16 nitrogen and oxygen atoms in total. The maximum atomic E-state index is 14.3. The van der Waals surface area contributed by atoms with Gasteiger partial charge in [0.1, 0.15) is 24.2 Å². The first-order valence-corrected chi connectivity index (χ1v) is 22.3. The largest absolute Gasteiger partial charge is 0.351 e. The lowest BCUT2D eigenvalue weighted by atomic mass is 9.85. The molecule has 0 unspecified atom stereocenters. The molecule has 0 spiro atoms. The Morgan fingerprint density at radius 2 is 1.32 bits per heavy atom. The third kappa shape index (κ3) is 15.7. The molecular weight excluding hydrogens is 873 g/mol. The summed E-state index contributed by atoms with van der Waals surface area (Å²) >= 11 is 0. The molecular formula is C47H73Cl2N9O7. The molecule has 362 valence electrons. The van der Waals surface area contributed by atoms with E-state index >= 15 is 0 Å². The molecule has 1 aliphatic heterocycles. The molecule has 65 heavy (non-hydrogen) atoms. The molecule has 0 aromatic heterocycles. The van der Waals surface area contributed by atoms with Crippen molar-refractivity contribution < 1.29 is 33.6 Å². The minimum absolute atomic E-state index is 0. The van der Waals surface area contributed by atoms with Gasteiger partial charge in [0.25, 0.3) is 0 Å². The first kappa shape index (κ1) is 56.4. The van der Waals surface area contributed by atoms with E-state index in [0.717, 1.165) is 29.5 Å². The van der Waals surface area contributed by atoms with E-state index in [0.29, 0.717) is 6.42 Å². The van der Waals surface area contributed by atoms with E-state index in [2.05, 4.69) is 42.5 Å². The fourth-order valence-electron chi connectivity index (χ4n) is 8.02. The van der Waals surface area contributed by atoms with E-state index in [-0.39, 0.29) is 80.4 Å². The van der Waals surface area contributed by atoms with Gasteiger partial charge >= 0.3 is 0 Å². The van der Waals surface area contributed by atoms with Crippen molar-refractivity contribution >= 4 is 66.2 Å². The number of nitrogens with zero attached hydrogens (tertiary/aromatic N) is 1. The van der Waals surface area contributed by atoms with Crippen LogP contribution in [0.1, 0.15) is 116 Å². The highest BCUT2D eigenvalue weighted by atomic mass is 35.5. The fraction of sp³-hybridized carbons (Fsp3) is 0.596. The van der Waals surface area contributed by atoms with Crippen molar-refractivity contribution in [1.82, 2.24) is 47.4 Å². The number of amides is 7. The van der Waals surface area contributed by atoms with Crippen molar-refractivity contribution in [2.24, 2.45) is 11.3 Å². The zero-order valence-electron chi connectivity index (χ0n) is 39.5. The summed E-state index contributed by atoms with van der Waals surface area (Å²) in [5.74, 6) is -3.38.